The number of nitrogens with one attached hydrogen (secondary N) is 1. The number of nitrogens with two attached hydrogens (primary N) is 1. The highest BCUT2D eigenvalue weighted by Crippen LogP contribution is 2.15. The van der Waals surface area contributed by atoms with E-state index in [0.717, 1.165) is 11.3 Å². The van der Waals surface area contributed by atoms with Gasteiger partial charge in [-0.1, -0.05) is 6.08 Å². The van der Waals surface area contributed by atoms with Gasteiger partial charge in [0.2, 0.25) is 0 Å². The van der Waals surface area contributed by atoms with Crippen molar-refractivity contribution in [1.29, 1.82) is 0 Å². The van der Waals surface area contributed by atoms with Crippen molar-refractivity contribution < 1.29 is 14.3 Å². The van der Waals surface area contributed by atoms with E-state index in [2.05, 4.69) is 16.9 Å². The number of carbonyl (C=O) groups is 2. The van der Waals surface area contributed by atoms with E-state index in [1.54, 1.807) is 13.0 Å². The topological polar surface area (TPSA) is 94.3 Å². The maximum absolute atomic E-state index is 11.6. The molecule has 6 nitrogen and oxygen atoms in total. The summed E-state index contributed by atoms with van der Waals surface area (Å²) in [6.07, 6.45) is 0.937. The number of amides is 2. The molecule has 92 valence electrons. The highest BCUT2D eigenvalue weighted by Gasteiger charge is 2.15. The van der Waals surface area contributed by atoms with E-state index in [4.69, 9.17) is 10.5 Å². The fourth-order valence-corrected chi connectivity index (χ4v) is 1.64. The van der Waals surface area contributed by atoms with Gasteiger partial charge in [0.05, 0.1) is 6.61 Å². The molecular weight excluding hydrogens is 242 g/mol. The predicted octanol–water partition coefficient (Wildman–Crippen LogP) is 0.772. The minimum atomic E-state index is -0.627. The molecule has 17 heavy (non-hydrogen) atoms. The Hall–Kier alpha value is -1.73. The first-order valence-corrected chi connectivity index (χ1v) is 5.71. The van der Waals surface area contributed by atoms with Gasteiger partial charge in [0, 0.05) is 5.38 Å². The summed E-state index contributed by atoms with van der Waals surface area (Å²) in [4.78, 5) is 26.2. The third-order valence-corrected chi connectivity index (χ3v) is 2.58. The Morgan fingerprint density at radius 3 is 3.00 bits per heavy atom. The van der Waals surface area contributed by atoms with E-state index in [-0.39, 0.29) is 11.6 Å². The number of aromatic nitrogens is 1. The summed E-state index contributed by atoms with van der Waals surface area (Å²) in [7, 11) is 0. The first-order valence-electron chi connectivity index (χ1n) is 4.83. The molecule has 0 bridgehead atoms. The molecule has 1 unspecified atom stereocenters. The van der Waals surface area contributed by atoms with Crippen molar-refractivity contribution in [3.63, 3.8) is 0 Å². The number of ether oxygens (including phenoxy) is 1. The molecule has 0 saturated carbocycles. The summed E-state index contributed by atoms with van der Waals surface area (Å²) < 4.78 is 5.13. The number of carbonyl (C=O) groups excluding carboxylic acids is 2. The maximum atomic E-state index is 11.6. The van der Waals surface area contributed by atoms with Crippen LogP contribution in [-0.2, 0) is 9.53 Å². The van der Waals surface area contributed by atoms with Gasteiger partial charge in [-0.3, -0.25) is 14.9 Å². The van der Waals surface area contributed by atoms with Gasteiger partial charge in [-0.25, -0.2) is 4.98 Å². The SMILES string of the molecule is C=CCOC(C)C(=O)Nc1nc(C(N)=O)cs1. The second-order valence-corrected chi connectivity index (χ2v) is 4.01. The van der Waals surface area contributed by atoms with Crippen molar-refractivity contribution in [3.05, 3.63) is 23.7 Å². The molecule has 1 atom stereocenters. The summed E-state index contributed by atoms with van der Waals surface area (Å²) in [5, 5.41) is 4.32. The van der Waals surface area contributed by atoms with Crippen molar-refractivity contribution in [2.75, 3.05) is 11.9 Å². The number of primary amides is 1. The van der Waals surface area contributed by atoms with Crippen LogP contribution in [0.1, 0.15) is 17.4 Å². The Balaban J connectivity index is 2.55. The van der Waals surface area contributed by atoms with Gasteiger partial charge in [-0.15, -0.1) is 17.9 Å². The molecule has 0 aliphatic rings. The second-order valence-electron chi connectivity index (χ2n) is 3.16. The van der Waals surface area contributed by atoms with Gasteiger partial charge >= 0.3 is 0 Å². The van der Waals surface area contributed by atoms with Crippen LogP contribution >= 0.6 is 11.3 Å². The molecule has 0 saturated heterocycles. The van der Waals surface area contributed by atoms with Crippen LogP contribution in [0.25, 0.3) is 0 Å². The van der Waals surface area contributed by atoms with Crippen molar-refractivity contribution in [2.45, 2.75) is 13.0 Å². The van der Waals surface area contributed by atoms with Crippen LogP contribution < -0.4 is 11.1 Å². The summed E-state index contributed by atoms with van der Waals surface area (Å²) >= 11 is 1.13. The Morgan fingerprint density at radius 2 is 2.47 bits per heavy atom. The number of thiazole rings is 1. The van der Waals surface area contributed by atoms with Crippen LogP contribution in [0.15, 0.2) is 18.0 Å². The molecule has 2 amide bonds. The standard InChI is InChI=1S/C10H13N3O3S/c1-3-4-16-6(2)9(15)13-10-12-7(5-17-10)8(11)14/h3,5-6H,1,4H2,2H3,(H2,11,14)(H,12,13,15). The molecule has 0 aliphatic carbocycles. The molecule has 0 aromatic carbocycles. The largest absolute Gasteiger partial charge is 0.365 e. The van der Waals surface area contributed by atoms with Crippen molar-refractivity contribution >= 4 is 28.3 Å². The van der Waals surface area contributed by atoms with Crippen molar-refractivity contribution in [3.8, 4) is 0 Å². The van der Waals surface area contributed by atoms with Crippen LogP contribution in [0.4, 0.5) is 5.13 Å². The van der Waals surface area contributed by atoms with E-state index in [0.29, 0.717) is 11.7 Å². The van der Waals surface area contributed by atoms with Crippen LogP contribution in [0.5, 0.6) is 0 Å². The zero-order valence-electron chi connectivity index (χ0n) is 9.30. The second kappa shape index (κ2) is 6.12. The predicted molar refractivity (Wildman–Crippen MR) is 64.9 cm³/mol. The average Bonchev–Trinajstić information content (AvgIpc) is 2.74. The number of hydrogen-bond acceptors (Lipinski definition) is 5. The molecule has 1 aromatic rings. The molecule has 1 rings (SSSR count). The molecular formula is C10H13N3O3S. The average molecular weight is 255 g/mol. The van der Waals surface area contributed by atoms with E-state index in [1.165, 1.54) is 5.38 Å². The first-order chi connectivity index (χ1) is 8.04. The Morgan fingerprint density at radius 1 is 1.76 bits per heavy atom. The Kier molecular flexibility index (Phi) is 4.80. The molecule has 7 heteroatoms. The van der Waals surface area contributed by atoms with E-state index < -0.39 is 12.0 Å². The quantitative estimate of drug-likeness (QED) is 0.734. The van der Waals surface area contributed by atoms with Crippen LogP contribution in [0.2, 0.25) is 0 Å². The summed E-state index contributed by atoms with van der Waals surface area (Å²) in [6.45, 7) is 5.38. The zero-order valence-corrected chi connectivity index (χ0v) is 10.1. The smallest absolute Gasteiger partial charge is 0.268 e. The van der Waals surface area contributed by atoms with Crippen LogP contribution in [-0.4, -0.2) is 29.5 Å². The van der Waals surface area contributed by atoms with E-state index >= 15 is 0 Å². The van der Waals surface area contributed by atoms with E-state index in [1.807, 2.05) is 0 Å². The van der Waals surface area contributed by atoms with Gasteiger partial charge < -0.3 is 10.5 Å². The van der Waals surface area contributed by atoms with Crippen molar-refractivity contribution in [2.24, 2.45) is 5.73 Å². The summed E-state index contributed by atoms with van der Waals surface area (Å²) in [5.41, 5.74) is 5.17. The number of nitrogens with zero attached hydrogens (tertiary/aromatic N) is 1. The summed E-state index contributed by atoms with van der Waals surface area (Å²) in [6, 6.07) is 0. The molecule has 0 aliphatic heterocycles. The van der Waals surface area contributed by atoms with Gasteiger partial charge in [0.25, 0.3) is 11.8 Å². The third kappa shape index (κ3) is 3.97. The normalized spacial score (nSPS) is 11.8. The lowest BCUT2D eigenvalue weighted by molar-refractivity contribution is -0.125. The number of rotatable bonds is 6. The fraction of sp³-hybridized carbons (Fsp3) is 0.300. The van der Waals surface area contributed by atoms with Gasteiger partial charge in [-0.2, -0.15) is 0 Å². The highest BCUT2D eigenvalue weighted by molar-refractivity contribution is 7.14. The molecule has 0 radical (unpaired) electrons. The van der Waals surface area contributed by atoms with Crippen LogP contribution in [0.3, 0.4) is 0 Å². The molecule has 1 heterocycles. The lowest BCUT2D eigenvalue weighted by atomic mass is 10.4. The zero-order chi connectivity index (χ0) is 12.8. The molecule has 0 fully saturated rings. The summed E-state index contributed by atoms with van der Waals surface area (Å²) in [5.74, 6) is -0.963. The maximum Gasteiger partial charge on any atom is 0.268 e. The van der Waals surface area contributed by atoms with Gasteiger partial charge in [0.1, 0.15) is 11.8 Å². The minimum absolute atomic E-state index is 0.130. The van der Waals surface area contributed by atoms with E-state index in [9.17, 15) is 9.59 Å². The number of anilines is 1. The number of hydrogen-bond donors (Lipinski definition) is 2. The molecule has 3 N–H and O–H groups in total. The van der Waals surface area contributed by atoms with Gasteiger partial charge in [-0.05, 0) is 6.92 Å². The molecule has 1 aromatic heterocycles. The highest BCUT2D eigenvalue weighted by atomic mass is 32.1. The first kappa shape index (κ1) is 13.3. The van der Waals surface area contributed by atoms with Crippen molar-refractivity contribution in [1.82, 2.24) is 4.98 Å². The Bertz CT molecular complexity index is 430. The minimum Gasteiger partial charge on any atom is -0.365 e. The third-order valence-electron chi connectivity index (χ3n) is 1.82. The fourth-order valence-electron chi connectivity index (χ4n) is 0.939. The Labute approximate surface area is 102 Å². The lowest BCUT2D eigenvalue weighted by Gasteiger charge is -2.10. The van der Waals surface area contributed by atoms with Crippen LogP contribution in [0, 0.1) is 0 Å². The molecule has 0 spiro atoms. The lowest BCUT2D eigenvalue weighted by Crippen LogP contribution is -2.27. The van der Waals surface area contributed by atoms with Gasteiger partial charge in [0.15, 0.2) is 5.13 Å². The monoisotopic (exact) mass is 255 g/mol.